The second-order valence-electron chi connectivity index (χ2n) is 4.13. The second-order valence-corrected chi connectivity index (χ2v) is 4.53. The molecule has 2 N–H and O–H groups in total. The van der Waals surface area contributed by atoms with E-state index in [2.05, 4.69) is 0 Å². The standard InChI is InChI=1S/C14H11ClF3NO/c15-12-4-2-1-3-9(12)8-20-10-5-6-13(19)11(7-10)14(16,17)18/h1-7H,8,19H2. The molecule has 20 heavy (non-hydrogen) atoms. The number of hydrogen-bond donors (Lipinski definition) is 1. The van der Waals surface area contributed by atoms with Crippen molar-refractivity contribution in [3.05, 3.63) is 58.6 Å². The molecule has 0 saturated carbocycles. The average molecular weight is 302 g/mol. The summed E-state index contributed by atoms with van der Waals surface area (Å²) in [6, 6.07) is 10.4. The van der Waals surface area contributed by atoms with E-state index in [-0.39, 0.29) is 18.0 Å². The van der Waals surface area contributed by atoms with E-state index >= 15 is 0 Å². The molecule has 0 amide bonds. The molecule has 2 rings (SSSR count). The lowest BCUT2D eigenvalue weighted by molar-refractivity contribution is -0.137. The predicted molar refractivity (Wildman–Crippen MR) is 71.6 cm³/mol. The molecule has 0 aromatic heterocycles. The van der Waals surface area contributed by atoms with Gasteiger partial charge in [0.25, 0.3) is 0 Å². The minimum absolute atomic E-state index is 0.0842. The Bertz CT molecular complexity index is 614. The van der Waals surface area contributed by atoms with Crippen molar-refractivity contribution in [3.63, 3.8) is 0 Å². The van der Waals surface area contributed by atoms with Crippen LogP contribution >= 0.6 is 11.6 Å². The van der Waals surface area contributed by atoms with Crippen molar-refractivity contribution in [1.82, 2.24) is 0 Å². The Hall–Kier alpha value is -1.88. The van der Waals surface area contributed by atoms with Crippen molar-refractivity contribution in [2.24, 2.45) is 0 Å². The van der Waals surface area contributed by atoms with Gasteiger partial charge >= 0.3 is 6.18 Å². The number of halogens is 4. The van der Waals surface area contributed by atoms with Crippen molar-refractivity contribution in [2.45, 2.75) is 12.8 Å². The van der Waals surface area contributed by atoms with E-state index in [1.54, 1.807) is 24.3 Å². The molecule has 0 saturated heterocycles. The van der Waals surface area contributed by atoms with Crippen LogP contribution in [0.4, 0.5) is 18.9 Å². The van der Waals surface area contributed by atoms with Crippen LogP contribution in [0.5, 0.6) is 5.75 Å². The molecule has 0 spiro atoms. The van der Waals surface area contributed by atoms with Crippen LogP contribution in [0.15, 0.2) is 42.5 Å². The van der Waals surface area contributed by atoms with Gasteiger partial charge in [-0.25, -0.2) is 0 Å². The van der Waals surface area contributed by atoms with Gasteiger partial charge in [0.1, 0.15) is 12.4 Å². The molecule has 0 unspecified atom stereocenters. The van der Waals surface area contributed by atoms with Crippen molar-refractivity contribution in [2.75, 3.05) is 5.73 Å². The Morgan fingerprint density at radius 1 is 1.10 bits per heavy atom. The first-order valence-corrected chi connectivity index (χ1v) is 6.08. The van der Waals surface area contributed by atoms with E-state index in [4.69, 9.17) is 22.1 Å². The lowest BCUT2D eigenvalue weighted by atomic mass is 10.1. The molecule has 2 aromatic rings. The van der Waals surface area contributed by atoms with Crippen molar-refractivity contribution >= 4 is 17.3 Å². The quantitative estimate of drug-likeness (QED) is 0.846. The number of rotatable bonds is 3. The highest BCUT2D eigenvalue weighted by molar-refractivity contribution is 6.31. The number of nitrogen functional groups attached to an aromatic ring is 1. The summed E-state index contributed by atoms with van der Waals surface area (Å²) in [6.07, 6.45) is -4.51. The monoisotopic (exact) mass is 301 g/mol. The largest absolute Gasteiger partial charge is 0.489 e. The second kappa shape index (κ2) is 5.63. The Balaban J connectivity index is 2.17. The number of hydrogen-bond acceptors (Lipinski definition) is 2. The molecule has 6 heteroatoms. The molecule has 0 aliphatic heterocycles. The van der Waals surface area contributed by atoms with E-state index in [1.807, 2.05) is 0 Å². The van der Waals surface area contributed by atoms with Gasteiger partial charge in [0.15, 0.2) is 0 Å². The predicted octanol–water partition coefficient (Wildman–Crippen LogP) is 4.52. The minimum atomic E-state index is -4.51. The lowest BCUT2D eigenvalue weighted by Gasteiger charge is -2.13. The zero-order valence-corrected chi connectivity index (χ0v) is 11.0. The fourth-order valence-electron chi connectivity index (χ4n) is 1.65. The van der Waals surface area contributed by atoms with Gasteiger partial charge in [0.2, 0.25) is 0 Å². The van der Waals surface area contributed by atoms with Gasteiger partial charge in [-0.3, -0.25) is 0 Å². The molecule has 0 radical (unpaired) electrons. The number of nitrogens with two attached hydrogens (primary N) is 1. The highest BCUT2D eigenvalue weighted by Gasteiger charge is 2.33. The number of anilines is 1. The Morgan fingerprint density at radius 3 is 2.45 bits per heavy atom. The highest BCUT2D eigenvalue weighted by Crippen LogP contribution is 2.35. The average Bonchev–Trinajstić information content (AvgIpc) is 2.38. The smallest absolute Gasteiger partial charge is 0.418 e. The minimum Gasteiger partial charge on any atom is -0.489 e. The molecule has 0 aliphatic rings. The molecule has 2 nitrogen and oxygen atoms in total. The maximum absolute atomic E-state index is 12.7. The third kappa shape index (κ3) is 3.36. The molecule has 2 aromatic carbocycles. The zero-order chi connectivity index (χ0) is 14.8. The molecule has 106 valence electrons. The highest BCUT2D eigenvalue weighted by atomic mass is 35.5. The lowest BCUT2D eigenvalue weighted by Crippen LogP contribution is -2.09. The van der Waals surface area contributed by atoms with Gasteiger partial charge in [-0.2, -0.15) is 13.2 Å². The number of ether oxygens (including phenoxy) is 1. The van der Waals surface area contributed by atoms with Crippen LogP contribution in [-0.4, -0.2) is 0 Å². The maximum Gasteiger partial charge on any atom is 0.418 e. The van der Waals surface area contributed by atoms with Crippen LogP contribution in [0.25, 0.3) is 0 Å². The van der Waals surface area contributed by atoms with Gasteiger partial charge in [-0.05, 0) is 24.3 Å². The third-order valence-electron chi connectivity index (χ3n) is 2.68. The van der Waals surface area contributed by atoms with E-state index in [0.717, 1.165) is 6.07 Å². The first-order chi connectivity index (χ1) is 9.38. The van der Waals surface area contributed by atoms with E-state index < -0.39 is 11.7 Å². The van der Waals surface area contributed by atoms with Crippen LogP contribution in [0.1, 0.15) is 11.1 Å². The molecule has 0 bridgehead atoms. The summed E-state index contributed by atoms with van der Waals surface area (Å²) in [6.45, 7) is 0.0842. The summed E-state index contributed by atoms with van der Waals surface area (Å²) in [7, 11) is 0. The van der Waals surface area contributed by atoms with Crippen LogP contribution in [0, 0.1) is 0 Å². The number of benzene rings is 2. The summed E-state index contributed by atoms with van der Waals surface area (Å²) < 4.78 is 43.4. The van der Waals surface area contributed by atoms with E-state index in [0.29, 0.717) is 10.6 Å². The van der Waals surface area contributed by atoms with Gasteiger partial charge in [0.05, 0.1) is 5.56 Å². The summed E-state index contributed by atoms with van der Waals surface area (Å²) in [5, 5.41) is 0.499. The van der Waals surface area contributed by atoms with Crippen LogP contribution in [0.2, 0.25) is 5.02 Å². The van der Waals surface area contributed by atoms with Gasteiger partial charge in [-0.1, -0.05) is 29.8 Å². The van der Waals surface area contributed by atoms with Crippen molar-refractivity contribution < 1.29 is 17.9 Å². The fraction of sp³-hybridized carbons (Fsp3) is 0.143. The molecule has 0 fully saturated rings. The van der Waals surface area contributed by atoms with Gasteiger partial charge < -0.3 is 10.5 Å². The SMILES string of the molecule is Nc1ccc(OCc2ccccc2Cl)cc1C(F)(F)F. The summed E-state index contributed by atoms with van der Waals surface area (Å²) in [5.41, 5.74) is 4.77. The van der Waals surface area contributed by atoms with Crippen molar-refractivity contribution in [1.29, 1.82) is 0 Å². The van der Waals surface area contributed by atoms with Gasteiger partial charge in [-0.15, -0.1) is 0 Å². The first-order valence-electron chi connectivity index (χ1n) is 5.71. The molecule has 0 aliphatic carbocycles. The summed E-state index contributed by atoms with van der Waals surface area (Å²) in [5.74, 6) is 0.0893. The maximum atomic E-state index is 12.7. The van der Waals surface area contributed by atoms with E-state index in [9.17, 15) is 13.2 Å². The van der Waals surface area contributed by atoms with Crippen LogP contribution in [0.3, 0.4) is 0 Å². The summed E-state index contributed by atoms with van der Waals surface area (Å²) in [4.78, 5) is 0. The molecule has 0 heterocycles. The normalized spacial score (nSPS) is 11.4. The van der Waals surface area contributed by atoms with Crippen molar-refractivity contribution in [3.8, 4) is 5.75 Å². The number of alkyl halides is 3. The van der Waals surface area contributed by atoms with Gasteiger partial charge in [0, 0.05) is 16.3 Å². The Morgan fingerprint density at radius 2 is 1.80 bits per heavy atom. The van der Waals surface area contributed by atoms with E-state index in [1.165, 1.54) is 12.1 Å². The molecular formula is C14H11ClF3NO. The molecular weight excluding hydrogens is 291 g/mol. The fourth-order valence-corrected chi connectivity index (χ4v) is 1.84. The third-order valence-corrected chi connectivity index (χ3v) is 3.05. The van der Waals surface area contributed by atoms with Crippen LogP contribution in [-0.2, 0) is 12.8 Å². The topological polar surface area (TPSA) is 35.2 Å². The molecule has 0 atom stereocenters. The first kappa shape index (κ1) is 14.5. The Kier molecular flexibility index (Phi) is 4.09. The van der Waals surface area contributed by atoms with Crippen LogP contribution < -0.4 is 10.5 Å². The Labute approximate surface area is 118 Å². The summed E-state index contributed by atoms with van der Waals surface area (Å²) >= 11 is 5.94. The zero-order valence-electron chi connectivity index (χ0n) is 10.2.